The molecule has 0 aliphatic carbocycles. The van der Waals surface area contributed by atoms with E-state index in [9.17, 15) is 19.2 Å². The molecule has 1 aliphatic rings. The summed E-state index contributed by atoms with van der Waals surface area (Å²) in [5.41, 5.74) is 2.37. The van der Waals surface area contributed by atoms with Gasteiger partial charge in [0.05, 0.1) is 14.6 Å². The minimum atomic E-state index is -0.816. The van der Waals surface area contributed by atoms with Gasteiger partial charge in [-0.2, -0.15) is 0 Å². The highest BCUT2D eigenvalue weighted by atomic mass is 79.9. The monoisotopic (exact) mass is 611 g/mol. The van der Waals surface area contributed by atoms with Crippen LogP contribution < -0.4 is 20.3 Å². The number of nitrogens with one attached hydrogen (secondary N) is 2. The summed E-state index contributed by atoms with van der Waals surface area (Å²) >= 11 is 6.82. The minimum absolute atomic E-state index is 0.205. The second kappa shape index (κ2) is 10.9. The van der Waals surface area contributed by atoms with Gasteiger partial charge in [-0.3, -0.25) is 19.7 Å². The number of para-hydroxylation sites is 1. The fourth-order valence-corrected chi connectivity index (χ4v) is 4.86. The lowest BCUT2D eigenvalue weighted by Gasteiger charge is -2.26. The predicted octanol–water partition coefficient (Wildman–Crippen LogP) is 5.20. The van der Waals surface area contributed by atoms with Crippen LogP contribution in [0.15, 0.2) is 81.2 Å². The van der Waals surface area contributed by atoms with Crippen molar-refractivity contribution in [2.24, 2.45) is 0 Å². The van der Waals surface area contributed by atoms with Gasteiger partial charge in [-0.15, -0.1) is 0 Å². The number of hydrogen-bond donors (Lipinski definition) is 2. The Balaban J connectivity index is 1.51. The van der Waals surface area contributed by atoms with Gasteiger partial charge in [0.25, 0.3) is 17.7 Å². The number of imide groups is 2. The summed E-state index contributed by atoms with van der Waals surface area (Å²) < 4.78 is 6.66. The highest BCUT2D eigenvalue weighted by Crippen LogP contribution is 2.36. The van der Waals surface area contributed by atoms with Crippen LogP contribution in [0.3, 0.4) is 0 Å². The fourth-order valence-electron chi connectivity index (χ4n) is 3.41. The SMILES string of the molecule is Cc1ccc(NC(=O)COc2c(Br)cc(/C=C3\C(=O)NC(=O)N(c4ccccc4)C3=O)cc2Br)cc1. The van der Waals surface area contributed by atoms with E-state index in [0.717, 1.165) is 10.5 Å². The lowest BCUT2D eigenvalue weighted by Crippen LogP contribution is -2.54. The molecule has 4 rings (SSSR count). The molecule has 3 aromatic carbocycles. The number of halogens is 2. The lowest BCUT2D eigenvalue weighted by molar-refractivity contribution is -0.122. The first-order valence-electron chi connectivity index (χ1n) is 10.7. The molecule has 0 saturated carbocycles. The third kappa shape index (κ3) is 5.72. The van der Waals surface area contributed by atoms with E-state index in [1.54, 1.807) is 54.6 Å². The first-order valence-corrected chi connectivity index (χ1v) is 12.3. The number of urea groups is 1. The molecular formula is C26H19Br2N3O5. The number of carbonyl (C=O) groups excluding carboxylic acids is 4. The summed E-state index contributed by atoms with van der Waals surface area (Å²) in [5.74, 6) is -1.50. The fraction of sp³-hybridized carbons (Fsp3) is 0.0769. The molecule has 1 aliphatic heterocycles. The standard InChI is InChI=1S/C26H19Br2N3O5/c1-15-7-9-17(10-8-15)29-22(32)14-36-23-20(27)12-16(13-21(23)28)11-19-24(33)30-26(35)31(25(19)34)18-5-3-2-4-6-18/h2-13H,14H2,1H3,(H,29,32)(H,30,33,35)/b19-11+. The molecule has 0 atom stereocenters. The van der Waals surface area contributed by atoms with Crippen molar-refractivity contribution in [2.75, 3.05) is 16.8 Å². The summed E-state index contributed by atoms with van der Waals surface area (Å²) in [6, 6.07) is 18.2. The van der Waals surface area contributed by atoms with Crippen LogP contribution in [0.5, 0.6) is 5.75 Å². The average molecular weight is 613 g/mol. The van der Waals surface area contributed by atoms with Crippen molar-refractivity contribution in [1.29, 1.82) is 0 Å². The van der Waals surface area contributed by atoms with Crippen molar-refractivity contribution in [3.63, 3.8) is 0 Å². The van der Waals surface area contributed by atoms with Gasteiger partial charge >= 0.3 is 6.03 Å². The molecular weight excluding hydrogens is 594 g/mol. The highest BCUT2D eigenvalue weighted by Gasteiger charge is 2.36. The Morgan fingerprint density at radius 1 is 1.00 bits per heavy atom. The molecule has 182 valence electrons. The zero-order valence-corrected chi connectivity index (χ0v) is 22.1. The molecule has 5 amide bonds. The molecule has 0 spiro atoms. The Morgan fingerprint density at radius 2 is 1.64 bits per heavy atom. The Morgan fingerprint density at radius 3 is 2.28 bits per heavy atom. The number of hydrogen-bond acceptors (Lipinski definition) is 5. The van der Waals surface area contributed by atoms with Gasteiger partial charge in [-0.1, -0.05) is 35.9 Å². The second-order valence-corrected chi connectivity index (χ2v) is 9.52. The average Bonchev–Trinajstić information content (AvgIpc) is 2.83. The molecule has 2 N–H and O–H groups in total. The van der Waals surface area contributed by atoms with E-state index >= 15 is 0 Å². The van der Waals surface area contributed by atoms with Crippen molar-refractivity contribution in [3.05, 3.63) is 92.4 Å². The lowest BCUT2D eigenvalue weighted by atomic mass is 10.1. The predicted molar refractivity (Wildman–Crippen MR) is 143 cm³/mol. The number of ether oxygens (including phenoxy) is 1. The van der Waals surface area contributed by atoms with Crippen LogP contribution in [-0.2, 0) is 14.4 Å². The Kier molecular flexibility index (Phi) is 7.66. The van der Waals surface area contributed by atoms with Gasteiger partial charge in [-0.05, 0) is 86.8 Å². The van der Waals surface area contributed by atoms with Gasteiger partial charge in [0.2, 0.25) is 0 Å². The van der Waals surface area contributed by atoms with Crippen LogP contribution in [0.1, 0.15) is 11.1 Å². The van der Waals surface area contributed by atoms with E-state index in [1.807, 2.05) is 19.1 Å². The van der Waals surface area contributed by atoms with Gasteiger partial charge in [0.15, 0.2) is 6.61 Å². The van der Waals surface area contributed by atoms with Crippen molar-refractivity contribution < 1.29 is 23.9 Å². The zero-order valence-electron chi connectivity index (χ0n) is 18.9. The topological polar surface area (TPSA) is 105 Å². The summed E-state index contributed by atoms with van der Waals surface area (Å²) in [7, 11) is 0. The van der Waals surface area contributed by atoms with Gasteiger partial charge < -0.3 is 10.1 Å². The third-order valence-electron chi connectivity index (χ3n) is 5.13. The molecule has 0 bridgehead atoms. The minimum Gasteiger partial charge on any atom is -0.481 e. The summed E-state index contributed by atoms with van der Waals surface area (Å²) in [4.78, 5) is 50.9. The van der Waals surface area contributed by atoms with E-state index in [0.29, 0.717) is 31.6 Å². The van der Waals surface area contributed by atoms with Crippen LogP contribution in [0, 0.1) is 6.92 Å². The number of rotatable bonds is 6. The van der Waals surface area contributed by atoms with Gasteiger partial charge in [0.1, 0.15) is 11.3 Å². The molecule has 0 radical (unpaired) electrons. The van der Waals surface area contributed by atoms with Crippen LogP contribution >= 0.6 is 31.9 Å². The van der Waals surface area contributed by atoms with Crippen LogP contribution in [0.4, 0.5) is 16.2 Å². The van der Waals surface area contributed by atoms with Crippen LogP contribution in [-0.4, -0.2) is 30.4 Å². The molecule has 10 heteroatoms. The highest BCUT2D eigenvalue weighted by molar-refractivity contribution is 9.11. The first kappa shape index (κ1) is 25.3. The molecule has 1 heterocycles. The Labute approximate surface area is 223 Å². The Hall–Kier alpha value is -3.76. The van der Waals surface area contributed by atoms with Gasteiger partial charge in [-0.25, -0.2) is 9.69 Å². The maximum Gasteiger partial charge on any atom is 0.335 e. The number of amides is 5. The normalized spacial score (nSPS) is 14.6. The van der Waals surface area contributed by atoms with E-state index in [2.05, 4.69) is 42.5 Å². The van der Waals surface area contributed by atoms with Gasteiger partial charge in [0, 0.05) is 5.69 Å². The molecule has 36 heavy (non-hydrogen) atoms. The quantitative estimate of drug-likeness (QED) is 0.294. The zero-order chi connectivity index (χ0) is 25.8. The van der Waals surface area contributed by atoms with E-state index in [4.69, 9.17) is 4.74 Å². The summed E-state index contributed by atoms with van der Waals surface area (Å²) in [5, 5.41) is 4.95. The second-order valence-electron chi connectivity index (χ2n) is 7.81. The summed E-state index contributed by atoms with van der Waals surface area (Å²) in [6.45, 7) is 1.72. The summed E-state index contributed by atoms with van der Waals surface area (Å²) in [6.07, 6.45) is 1.38. The van der Waals surface area contributed by atoms with Crippen LogP contribution in [0.25, 0.3) is 6.08 Å². The maximum atomic E-state index is 13.0. The number of benzene rings is 3. The van der Waals surface area contributed by atoms with E-state index in [1.165, 1.54) is 6.08 Å². The third-order valence-corrected chi connectivity index (χ3v) is 6.31. The van der Waals surface area contributed by atoms with Crippen molar-refractivity contribution in [1.82, 2.24) is 5.32 Å². The molecule has 0 aromatic heterocycles. The number of anilines is 2. The van der Waals surface area contributed by atoms with Crippen molar-refractivity contribution in [2.45, 2.75) is 6.92 Å². The maximum absolute atomic E-state index is 13.0. The molecule has 0 unspecified atom stereocenters. The van der Waals surface area contributed by atoms with E-state index < -0.39 is 17.8 Å². The number of carbonyl (C=O) groups is 4. The number of aryl methyl sites for hydroxylation is 1. The smallest absolute Gasteiger partial charge is 0.335 e. The molecule has 1 fully saturated rings. The molecule has 3 aromatic rings. The van der Waals surface area contributed by atoms with Crippen molar-refractivity contribution >= 4 is 73.1 Å². The van der Waals surface area contributed by atoms with E-state index in [-0.39, 0.29) is 18.1 Å². The largest absolute Gasteiger partial charge is 0.481 e. The Bertz CT molecular complexity index is 1370. The molecule has 1 saturated heterocycles. The number of nitrogens with zero attached hydrogens (tertiary/aromatic N) is 1. The van der Waals surface area contributed by atoms with Crippen LogP contribution in [0.2, 0.25) is 0 Å². The van der Waals surface area contributed by atoms with Crippen molar-refractivity contribution in [3.8, 4) is 5.75 Å². The first-order chi connectivity index (χ1) is 17.2. The number of barbiturate groups is 1. The molecule has 8 nitrogen and oxygen atoms in total.